The number of nitrogens with zero attached hydrogens (tertiary/aromatic N) is 3. The van der Waals surface area contributed by atoms with E-state index in [1.54, 1.807) is 0 Å². The largest absolute Gasteiger partial charge is 0.208 e. The minimum Gasteiger partial charge on any atom is -0.208 e. The summed E-state index contributed by atoms with van der Waals surface area (Å²) >= 11 is 2.19. The first-order chi connectivity index (χ1) is 15.5. The summed E-state index contributed by atoms with van der Waals surface area (Å²) in [5, 5.41) is 2.33. The number of benzene rings is 4. The van der Waals surface area contributed by atoms with Gasteiger partial charge in [0.1, 0.15) is 0 Å². The quantitative estimate of drug-likeness (QED) is 0.228. The highest BCUT2D eigenvalue weighted by Crippen LogP contribution is 2.49. The Balaban J connectivity index is 1.51. The van der Waals surface area contributed by atoms with Gasteiger partial charge in [-0.15, -0.1) is 0 Å². The van der Waals surface area contributed by atoms with E-state index in [0.717, 1.165) is 16.5 Å². The average molecular weight is 525 g/mol. The van der Waals surface area contributed by atoms with Gasteiger partial charge in [-0.05, 0) is 39.1 Å². The Bertz CT molecular complexity index is 1520. The van der Waals surface area contributed by atoms with Gasteiger partial charge in [-0.2, -0.15) is 0 Å². The molecule has 0 aliphatic heterocycles. The highest BCUT2D eigenvalue weighted by Gasteiger charge is 2.35. The molecule has 4 aromatic carbocycles. The van der Waals surface area contributed by atoms with Gasteiger partial charge in [0.15, 0.2) is 15.5 Å². The number of halogens is 1. The summed E-state index contributed by atoms with van der Waals surface area (Å²) < 4.78 is 0.693. The summed E-state index contributed by atoms with van der Waals surface area (Å²) in [7, 11) is 0. The number of fused-ring (bicyclic) bond motifs is 4. The summed E-state index contributed by atoms with van der Waals surface area (Å²) in [5.41, 5.74) is 7.30. The third-order valence-electron chi connectivity index (χ3n) is 6.48. The van der Waals surface area contributed by atoms with Gasteiger partial charge in [-0.1, -0.05) is 92.7 Å². The molecular formula is C28H20IN3. The maximum Gasteiger partial charge on any atom is 0.194 e. The monoisotopic (exact) mass is 525 g/mol. The Kier molecular flexibility index (Phi) is 4.40. The second-order valence-corrected chi connectivity index (χ2v) is 9.67. The van der Waals surface area contributed by atoms with Gasteiger partial charge >= 0.3 is 0 Å². The molecular weight excluding hydrogens is 505 g/mol. The number of hydrogen-bond acceptors (Lipinski definition) is 3. The van der Waals surface area contributed by atoms with Gasteiger partial charge in [0.2, 0.25) is 0 Å². The van der Waals surface area contributed by atoms with Crippen molar-refractivity contribution in [2.75, 3.05) is 0 Å². The third-order valence-corrected chi connectivity index (χ3v) is 6.96. The van der Waals surface area contributed by atoms with Crippen molar-refractivity contribution in [1.82, 2.24) is 15.0 Å². The van der Waals surface area contributed by atoms with E-state index < -0.39 is 0 Å². The molecule has 0 saturated heterocycles. The second kappa shape index (κ2) is 7.20. The lowest BCUT2D eigenvalue weighted by Gasteiger charge is -2.21. The fourth-order valence-electron chi connectivity index (χ4n) is 4.86. The molecule has 1 heterocycles. The molecule has 0 atom stereocenters. The fraction of sp³-hybridized carbons (Fsp3) is 0.107. The molecule has 0 fully saturated rings. The average Bonchev–Trinajstić information content (AvgIpc) is 3.05. The van der Waals surface area contributed by atoms with Crippen molar-refractivity contribution in [3.8, 4) is 33.9 Å². The fourth-order valence-corrected chi connectivity index (χ4v) is 5.32. The van der Waals surface area contributed by atoms with E-state index in [4.69, 9.17) is 9.97 Å². The third kappa shape index (κ3) is 2.97. The molecule has 0 amide bonds. The van der Waals surface area contributed by atoms with E-state index in [2.05, 4.69) is 126 Å². The van der Waals surface area contributed by atoms with Crippen molar-refractivity contribution in [2.45, 2.75) is 19.3 Å². The molecule has 1 aliphatic rings. The predicted octanol–water partition coefficient (Wildman–Crippen LogP) is 7.27. The molecule has 32 heavy (non-hydrogen) atoms. The Morgan fingerprint density at radius 2 is 1.31 bits per heavy atom. The van der Waals surface area contributed by atoms with Crippen LogP contribution < -0.4 is 0 Å². The number of rotatable bonds is 2. The van der Waals surface area contributed by atoms with Gasteiger partial charge in [0.25, 0.3) is 0 Å². The Morgan fingerprint density at radius 1 is 0.625 bits per heavy atom. The molecule has 0 saturated carbocycles. The van der Waals surface area contributed by atoms with Crippen LogP contribution in [0.15, 0.2) is 84.9 Å². The van der Waals surface area contributed by atoms with E-state index in [0.29, 0.717) is 15.5 Å². The van der Waals surface area contributed by atoms with Gasteiger partial charge in [-0.3, -0.25) is 0 Å². The molecule has 6 rings (SSSR count). The van der Waals surface area contributed by atoms with Crippen molar-refractivity contribution in [3.63, 3.8) is 0 Å². The Labute approximate surface area is 200 Å². The first-order valence-electron chi connectivity index (χ1n) is 10.7. The van der Waals surface area contributed by atoms with Gasteiger partial charge in [0.05, 0.1) is 0 Å². The summed E-state index contributed by atoms with van der Waals surface area (Å²) in [6.07, 6.45) is 0. The zero-order valence-corrected chi connectivity index (χ0v) is 20.0. The van der Waals surface area contributed by atoms with E-state index in [-0.39, 0.29) is 5.41 Å². The topological polar surface area (TPSA) is 38.7 Å². The Morgan fingerprint density at radius 3 is 2.22 bits per heavy atom. The zero-order chi connectivity index (χ0) is 21.9. The molecule has 0 bridgehead atoms. The smallest absolute Gasteiger partial charge is 0.194 e. The number of aromatic nitrogens is 3. The lowest BCUT2D eigenvalue weighted by molar-refractivity contribution is 0.660. The van der Waals surface area contributed by atoms with Crippen LogP contribution in [0.25, 0.3) is 44.7 Å². The van der Waals surface area contributed by atoms with E-state index >= 15 is 0 Å². The summed E-state index contributed by atoms with van der Waals surface area (Å²) in [4.78, 5) is 14.3. The van der Waals surface area contributed by atoms with Crippen LogP contribution in [0.5, 0.6) is 0 Å². The molecule has 0 radical (unpaired) electrons. The van der Waals surface area contributed by atoms with E-state index in [1.165, 1.54) is 27.6 Å². The predicted molar refractivity (Wildman–Crippen MR) is 138 cm³/mol. The van der Waals surface area contributed by atoms with Crippen LogP contribution in [0.4, 0.5) is 0 Å². The number of hydrogen-bond donors (Lipinski definition) is 0. The van der Waals surface area contributed by atoms with Crippen LogP contribution in [0.1, 0.15) is 25.0 Å². The first kappa shape index (κ1) is 19.6. The normalized spacial score (nSPS) is 13.7. The van der Waals surface area contributed by atoms with Crippen LogP contribution >= 0.6 is 22.6 Å². The van der Waals surface area contributed by atoms with Crippen molar-refractivity contribution in [3.05, 3.63) is 99.9 Å². The SMILES string of the molecule is CC1(C)c2ccccc2-c2ccc(-c3nc(I)nc(-c4cccc5ccccc45)n3)cc21. The van der Waals surface area contributed by atoms with Crippen molar-refractivity contribution >= 4 is 33.4 Å². The molecule has 0 spiro atoms. The van der Waals surface area contributed by atoms with Crippen LogP contribution in [0, 0.1) is 3.83 Å². The molecule has 1 aliphatic carbocycles. The molecule has 5 aromatic rings. The lowest BCUT2D eigenvalue weighted by atomic mass is 9.82. The summed E-state index contributed by atoms with van der Waals surface area (Å²) in [6.45, 7) is 4.58. The highest BCUT2D eigenvalue weighted by molar-refractivity contribution is 14.1. The van der Waals surface area contributed by atoms with Crippen molar-refractivity contribution in [2.24, 2.45) is 0 Å². The van der Waals surface area contributed by atoms with Crippen molar-refractivity contribution in [1.29, 1.82) is 0 Å². The molecule has 154 valence electrons. The highest BCUT2D eigenvalue weighted by atomic mass is 127. The van der Waals surface area contributed by atoms with E-state index in [1.807, 2.05) is 0 Å². The second-order valence-electron chi connectivity index (χ2n) is 8.71. The van der Waals surface area contributed by atoms with Crippen LogP contribution in [0.3, 0.4) is 0 Å². The van der Waals surface area contributed by atoms with Crippen LogP contribution in [-0.4, -0.2) is 15.0 Å². The first-order valence-corrected chi connectivity index (χ1v) is 11.7. The summed E-state index contributed by atoms with van der Waals surface area (Å²) in [6, 6.07) is 29.9. The van der Waals surface area contributed by atoms with Crippen LogP contribution in [0.2, 0.25) is 0 Å². The maximum atomic E-state index is 4.92. The van der Waals surface area contributed by atoms with Gasteiger partial charge in [-0.25, -0.2) is 15.0 Å². The van der Waals surface area contributed by atoms with Gasteiger partial charge < -0.3 is 0 Å². The molecule has 0 N–H and O–H groups in total. The van der Waals surface area contributed by atoms with E-state index in [9.17, 15) is 0 Å². The standard InChI is InChI=1S/C28H20IN3/c1-28(2)23-13-6-5-11-20(23)21-15-14-18(16-24(21)28)25-30-26(32-27(29)31-25)22-12-7-9-17-8-3-4-10-19(17)22/h3-16H,1-2H3. The molecule has 0 unspecified atom stereocenters. The van der Waals surface area contributed by atoms with Gasteiger partial charge in [0, 0.05) is 39.1 Å². The minimum absolute atomic E-state index is 0.0550. The zero-order valence-electron chi connectivity index (χ0n) is 17.8. The van der Waals surface area contributed by atoms with Crippen LogP contribution in [-0.2, 0) is 5.41 Å². The molecule has 3 nitrogen and oxygen atoms in total. The maximum absolute atomic E-state index is 4.92. The lowest BCUT2D eigenvalue weighted by Crippen LogP contribution is -2.15. The molecule has 1 aromatic heterocycles. The Hall–Kier alpha value is -3.12. The minimum atomic E-state index is -0.0550. The molecule has 4 heteroatoms. The summed E-state index contributed by atoms with van der Waals surface area (Å²) in [5.74, 6) is 1.42. The van der Waals surface area contributed by atoms with Crippen molar-refractivity contribution < 1.29 is 0 Å².